The van der Waals surface area contributed by atoms with Crippen molar-refractivity contribution in [1.82, 2.24) is 19.2 Å². The van der Waals surface area contributed by atoms with Gasteiger partial charge in [-0.2, -0.15) is 0 Å². The molecule has 5 rings (SSSR count). The van der Waals surface area contributed by atoms with E-state index >= 15 is 0 Å². The van der Waals surface area contributed by atoms with Crippen molar-refractivity contribution in [2.45, 2.75) is 26.3 Å². The first-order valence-electron chi connectivity index (χ1n) is 10.6. The van der Waals surface area contributed by atoms with Crippen LogP contribution in [-0.4, -0.2) is 43.9 Å². The highest BCUT2D eigenvalue weighted by Crippen LogP contribution is 2.25. The molecule has 3 heterocycles. The highest BCUT2D eigenvalue weighted by molar-refractivity contribution is 5.97. The number of carbonyl (C=O) groups excluding carboxylic acids is 2. The third-order valence-electron chi connectivity index (χ3n) is 5.64. The zero-order valence-corrected chi connectivity index (χ0v) is 17.6. The molecule has 1 aliphatic heterocycles. The Morgan fingerprint density at radius 1 is 1.06 bits per heavy atom. The number of hydrogen-bond donors (Lipinski definition) is 1. The van der Waals surface area contributed by atoms with Gasteiger partial charge in [-0.25, -0.2) is 18.9 Å². The maximum Gasteiger partial charge on any atom is 0.351 e. The first-order chi connectivity index (χ1) is 15.5. The van der Waals surface area contributed by atoms with Crippen molar-refractivity contribution in [3.8, 4) is 0 Å². The summed E-state index contributed by atoms with van der Waals surface area (Å²) >= 11 is 0. The van der Waals surface area contributed by atoms with E-state index in [2.05, 4.69) is 15.3 Å². The summed E-state index contributed by atoms with van der Waals surface area (Å²) in [5, 5.41) is 7.22. The second-order valence-corrected chi connectivity index (χ2v) is 7.90. The predicted octanol–water partition coefficient (Wildman–Crippen LogP) is 2.49. The summed E-state index contributed by atoms with van der Waals surface area (Å²) in [6.07, 6.45) is 2.13. The standard InChI is InChI=1S/C23H22N6O3/c1-15(30)16-7-6-8-17(13-16)24-20(31)14-28-23(32)29-19-10-3-2-9-18(19)25-21(22(29)26-28)27-11-4-5-12-27/h2-3,6-10,13H,4-5,11-12,14H2,1H3,(H,24,31). The van der Waals surface area contributed by atoms with Crippen LogP contribution in [0.25, 0.3) is 16.7 Å². The molecule has 162 valence electrons. The summed E-state index contributed by atoms with van der Waals surface area (Å²) in [5.41, 5.74) is 2.39. The van der Waals surface area contributed by atoms with Gasteiger partial charge in [0.05, 0.1) is 11.0 Å². The van der Waals surface area contributed by atoms with Gasteiger partial charge in [0.2, 0.25) is 11.6 Å². The zero-order chi connectivity index (χ0) is 22.2. The van der Waals surface area contributed by atoms with Crippen LogP contribution in [0.5, 0.6) is 0 Å². The number of aromatic nitrogens is 4. The molecule has 0 radical (unpaired) electrons. The summed E-state index contributed by atoms with van der Waals surface area (Å²) in [7, 11) is 0. The molecule has 2 aromatic carbocycles. The lowest BCUT2D eigenvalue weighted by Gasteiger charge is -2.17. The van der Waals surface area contributed by atoms with Gasteiger partial charge in [0.25, 0.3) is 0 Å². The number of amides is 1. The zero-order valence-electron chi connectivity index (χ0n) is 17.6. The van der Waals surface area contributed by atoms with E-state index in [1.807, 2.05) is 24.3 Å². The van der Waals surface area contributed by atoms with Gasteiger partial charge in [0.15, 0.2) is 11.6 Å². The molecule has 1 aliphatic rings. The topological polar surface area (TPSA) is 102 Å². The smallest absolute Gasteiger partial charge is 0.351 e. The van der Waals surface area contributed by atoms with Gasteiger partial charge in [0.1, 0.15) is 6.54 Å². The van der Waals surface area contributed by atoms with Gasteiger partial charge in [-0.3, -0.25) is 9.59 Å². The molecule has 9 heteroatoms. The second kappa shape index (κ2) is 7.92. The lowest BCUT2D eigenvalue weighted by atomic mass is 10.1. The number of Topliss-reactive ketones (excluding diaryl/α,β-unsaturated/α-hetero) is 1. The van der Waals surface area contributed by atoms with Crippen molar-refractivity contribution >= 4 is 39.9 Å². The highest BCUT2D eigenvalue weighted by atomic mass is 16.2. The molecule has 2 aromatic heterocycles. The Labute approximate surface area is 183 Å². The Bertz CT molecular complexity index is 1410. The summed E-state index contributed by atoms with van der Waals surface area (Å²) in [5.74, 6) is 0.161. The minimum atomic E-state index is -0.406. The van der Waals surface area contributed by atoms with Gasteiger partial charge in [-0.1, -0.05) is 24.3 Å². The van der Waals surface area contributed by atoms with E-state index < -0.39 is 11.6 Å². The number of benzene rings is 2. The Kier molecular flexibility index (Phi) is 4.93. The molecule has 0 bridgehead atoms. The molecule has 1 saturated heterocycles. The quantitative estimate of drug-likeness (QED) is 0.488. The van der Waals surface area contributed by atoms with Crippen molar-refractivity contribution in [2.75, 3.05) is 23.3 Å². The lowest BCUT2D eigenvalue weighted by Crippen LogP contribution is -2.28. The fourth-order valence-electron chi connectivity index (χ4n) is 4.08. The minimum absolute atomic E-state index is 0.0912. The van der Waals surface area contributed by atoms with Crippen molar-refractivity contribution in [1.29, 1.82) is 0 Å². The first kappa shape index (κ1) is 19.9. The van der Waals surface area contributed by atoms with E-state index in [4.69, 9.17) is 4.98 Å². The largest absolute Gasteiger partial charge is 0.353 e. The molecule has 0 unspecified atom stereocenters. The van der Waals surface area contributed by atoms with Crippen LogP contribution in [0.1, 0.15) is 30.1 Å². The third-order valence-corrected chi connectivity index (χ3v) is 5.64. The molecular formula is C23H22N6O3. The van der Waals surface area contributed by atoms with Crippen LogP contribution >= 0.6 is 0 Å². The number of rotatable bonds is 5. The van der Waals surface area contributed by atoms with Gasteiger partial charge >= 0.3 is 5.69 Å². The molecular weight excluding hydrogens is 408 g/mol. The van der Waals surface area contributed by atoms with E-state index in [1.54, 1.807) is 24.3 Å². The van der Waals surface area contributed by atoms with Crippen LogP contribution in [0, 0.1) is 0 Å². The number of fused-ring (bicyclic) bond motifs is 3. The highest BCUT2D eigenvalue weighted by Gasteiger charge is 2.23. The first-order valence-corrected chi connectivity index (χ1v) is 10.6. The van der Waals surface area contributed by atoms with Crippen LogP contribution in [0.3, 0.4) is 0 Å². The molecule has 0 saturated carbocycles. The Hall–Kier alpha value is -4.01. The van der Waals surface area contributed by atoms with E-state index in [1.165, 1.54) is 11.3 Å². The SMILES string of the molecule is CC(=O)c1cccc(NC(=O)Cn2nc3c(N4CCCC4)nc4ccccc4n3c2=O)c1. The van der Waals surface area contributed by atoms with Crippen molar-refractivity contribution < 1.29 is 9.59 Å². The predicted molar refractivity (Wildman–Crippen MR) is 121 cm³/mol. The van der Waals surface area contributed by atoms with E-state index in [9.17, 15) is 14.4 Å². The molecule has 9 nitrogen and oxygen atoms in total. The minimum Gasteiger partial charge on any atom is -0.353 e. The molecule has 4 aromatic rings. The van der Waals surface area contributed by atoms with E-state index in [0.29, 0.717) is 33.7 Å². The number of hydrogen-bond acceptors (Lipinski definition) is 6. The lowest BCUT2D eigenvalue weighted by molar-refractivity contribution is -0.117. The molecule has 32 heavy (non-hydrogen) atoms. The van der Waals surface area contributed by atoms with Crippen LogP contribution < -0.4 is 15.9 Å². The van der Waals surface area contributed by atoms with Gasteiger partial charge in [-0.15, -0.1) is 5.10 Å². The molecule has 0 aliphatic carbocycles. The number of anilines is 2. The summed E-state index contributed by atoms with van der Waals surface area (Å²) in [6.45, 7) is 2.93. The Balaban J connectivity index is 1.53. The third kappa shape index (κ3) is 3.51. The van der Waals surface area contributed by atoms with Crippen LogP contribution in [-0.2, 0) is 11.3 Å². The normalized spacial score (nSPS) is 13.7. The maximum absolute atomic E-state index is 13.2. The van der Waals surface area contributed by atoms with Crippen LogP contribution in [0.4, 0.5) is 11.5 Å². The number of nitrogens with one attached hydrogen (secondary N) is 1. The maximum atomic E-state index is 13.2. The van der Waals surface area contributed by atoms with Crippen LogP contribution in [0.2, 0.25) is 0 Å². The second-order valence-electron chi connectivity index (χ2n) is 7.90. The number of nitrogens with zero attached hydrogens (tertiary/aromatic N) is 5. The van der Waals surface area contributed by atoms with Gasteiger partial charge in [-0.05, 0) is 44.0 Å². The monoisotopic (exact) mass is 430 g/mol. The van der Waals surface area contributed by atoms with Gasteiger partial charge in [0, 0.05) is 24.3 Å². The van der Waals surface area contributed by atoms with E-state index in [-0.39, 0.29) is 12.3 Å². The summed E-state index contributed by atoms with van der Waals surface area (Å²) in [6, 6.07) is 14.1. The fraction of sp³-hybridized carbons (Fsp3) is 0.261. The molecule has 1 amide bonds. The summed E-state index contributed by atoms with van der Waals surface area (Å²) in [4.78, 5) is 44.4. The molecule has 1 N–H and O–H groups in total. The Morgan fingerprint density at radius 3 is 2.62 bits per heavy atom. The van der Waals surface area contributed by atoms with E-state index in [0.717, 1.165) is 30.6 Å². The van der Waals surface area contributed by atoms with Crippen molar-refractivity contribution in [2.24, 2.45) is 0 Å². The number of ketones is 1. The molecule has 0 spiro atoms. The van der Waals surface area contributed by atoms with Crippen LogP contribution in [0.15, 0.2) is 53.3 Å². The Morgan fingerprint density at radius 2 is 1.84 bits per heavy atom. The van der Waals surface area contributed by atoms with Crippen molar-refractivity contribution in [3.63, 3.8) is 0 Å². The average Bonchev–Trinajstić information content (AvgIpc) is 3.42. The fourth-order valence-corrected chi connectivity index (χ4v) is 4.08. The van der Waals surface area contributed by atoms with Crippen molar-refractivity contribution in [3.05, 3.63) is 64.6 Å². The average molecular weight is 430 g/mol. The summed E-state index contributed by atoms with van der Waals surface area (Å²) < 4.78 is 2.69. The molecule has 1 fully saturated rings. The van der Waals surface area contributed by atoms with Gasteiger partial charge < -0.3 is 10.2 Å². The number of para-hydroxylation sites is 2. The molecule has 0 atom stereocenters. The number of carbonyl (C=O) groups is 2.